The number of carbonyl (C=O) groups excluding carboxylic acids is 1. The highest BCUT2D eigenvalue weighted by molar-refractivity contribution is 7.89. The molecule has 7 heteroatoms. The Kier molecular flexibility index (Phi) is 5.08. The van der Waals surface area contributed by atoms with Crippen molar-refractivity contribution >= 4 is 16.1 Å². The van der Waals surface area contributed by atoms with Crippen LogP contribution < -0.4 is 5.32 Å². The highest BCUT2D eigenvalue weighted by Crippen LogP contribution is 2.22. The lowest BCUT2D eigenvalue weighted by Gasteiger charge is -2.31. The van der Waals surface area contributed by atoms with E-state index < -0.39 is 16.1 Å². The van der Waals surface area contributed by atoms with E-state index in [1.807, 2.05) is 19.9 Å². The highest BCUT2D eigenvalue weighted by atomic mass is 32.2. The average Bonchev–Trinajstić information content (AvgIpc) is 2.50. The molecule has 22 heavy (non-hydrogen) atoms. The predicted octanol–water partition coefficient (Wildman–Crippen LogP) is 1.81. The molecular formula is C15H22N2O4S. The minimum Gasteiger partial charge on any atom is -0.453 e. The van der Waals surface area contributed by atoms with E-state index in [0.29, 0.717) is 30.8 Å². The number of nitrogens with zero attached hydrogens (tertiary/aromatic N) is 1. The first-order chi connectivity index (χ1) is 10.3. The van der Waals surface area contributed by atoms with Crippen LogP contribution in [0, 0.1) is 13.8 Å². The van der Waals surface area contributed by atoms with Gasteiger partial charge in [-0.15, -0.1) is 0 Å². The Hall–Kier alpha value is -1.60. The van der Waals surface area contributed by atoms with E-state index in [0.717, 1.165) is 11.1 Å². The lowest BCUT2D eigenvalue weighted by molar-refractivity contribution is 0.161. The molecule has 1 N–H and O–H groups in total. The standard InChI is InChI=1S/C15H22N2O4S/c1-11-4-5-14(10-12(11)2)22(19,20)17-8-6-13(7-9-17)16-15(18)21-3/h4-5,10,13H,6-9H2,1-3H3,(H,16,18). The molecule has 1 fully saturated rings. The van der Waals surface area contributed by atoms with Crippen molar-refractivity contribution in [2.75, 3.05) is 20.2 Å². The van der Waals surface area contributed by atoms with Crippen molar-refractivity contribution in [1.82, 2.24) is 9.62 Å². The van der Waals surface area contributed by atoms with E-state index in [1.54, 1.807) is 12.1 Å². The maximum Gasteiger partial charge on any atom is 0.407 e. The van der Waals surface area contributed by atoms with Crippen LogP contribution in [0.25, 0.3) is 0 Å². The number of piperidine rings is 1. The van der Waals surface area contributed by atoms with E-state index in [-0.39, 0.29) is 6.04 Å². The van der Waals surface area contributed by atoms with Crippen LogP contribution in [0.3, 0.4) is 0 Å². The SMILES string of the molecule is COC(=O)NC1CCN(S(=O)(=O)c2ccc(C)c(C)c2)CC1. The molecule has 0 atom stereocenters. The summed E-state index contributed by atoms with van der Waals surface area (Å²) in [7, 11) is -2.16. The summed E-state index contributed by atoms with van der Waals surface area (Å²) in [5.74, 6) is 0. The van der Waals surface area contributed by atoms with Crippen molar-refractivity contribution in [2.45, 2.75) is 37.6 Å². The van der Waals surface area contributed by atoms with Gasteiger partial charge in [0.05, 0.1) is 12.0 Å². The minimum absolute atomic E-state index is 0.0429. The number of benzene rings is 1. The van der Waals surface area contributed by atoms with E-state index in [1.165, 1.54) is 11.4 Å². The Morgan fingerprint density at radius 1 is 1.23 bits per heavy atom. The monoisotopic (exact) mass is 326 g/mol. The molecule has 0 unspecified atom stereocenters. The van der Waals surface area contributed by atoms with Gasteiger partial charge in [-0.3, -0.25) is 0 Å². The number of alkyl carbamates (subject to hydrolysis) is 1. The number of sulfonamides is 1. The van der Waals surface area contributed by atoms with E-state index in [2.05, 4.69) is 10.1 Å². The Balaban J connectivity index is 2.06. The van der Waals surface area contributed by atoms with Gasteiger partial charge in [-0.25, -0.2) is 13.2 Å². The number of rotatable bonds is 3. The smallest absolute Gasteiger partial charge is 0.407 e. The molecule has 122 valence electrons. The van der Waals surface area contributed by atoms with E-state index in [4.69, 9.17) is 0 Å². The molecule has 1 amide bonds. The molecule has 0 bridgehead atoms. The second-order valence-electron chi connectivity index (χ2n) is 5.56. The largest absolute Gasteiger partial charge is 0.453 e. The number of hydrogen-bond acceptors (Lipinski definition) is 4. The average molecular weight is 326 g/mol. The molecule has 1 aromatic rings. The van der Waals surface area contributed by atoms with Crippen LogP contribution in [-0.4, -0.2) is 45.1 Å². The van der Waals surface area contributed by atoms with Gasteiger partial charge in [-0.2, -0.15) is 4.31 Å². The maximum absolute atomic E-state index is 12.6. The van der Waals surface area contributed by atoms with Crippen molar-refractivity contribution in [1.29, 1.82) is 0 Å². The Morgan fingerprint density at radius 3 is 2.41 bits per heavy atom. The normalized spacial score (nSPS) is 17.2. The number of amides is 1. The Morgan fingerprint density at radius 2 is 1.86 bits per heavy atom. The first-order valence-corrected chi connectivity index (χ1v) is 8.70. The first kappa shape index (κ1) is 16.8. The number of aryl methyl sites for hydroxylation is 2. The number of nitrogens with one attached hydrogen (secondary N) is 1. The summed E-state index contributed by atoms with van der Waals surface area (Å²) < 4.78 is 31.3. The van der Waals surface area contributed by atoms with Crippen molar-refractivity contribution in [3.63, 3.8) is 0 Å². The van der Waals surface area contributed by atoms with E-state index in [9.17, 15) is 13.2 Å². The van der Waals surface area contributed by atoms with Gasteiger partial charge in [-0.05, 0) is 49.9 Å². The topological polar surface area (TPSA) is 75.7 Å². The fourth-order valence-electron chi connectivity index (χ4n) is 2.49. The van der Waals surface area contributed by atoms with Gasteiger partial charge >= 0.3 is 6.09 Å². The summed E-state index contributed by atoms with van der Waals surface area (Å²) in [5, 5.41) is 2.71. The van der Waals surface area contributed by atoms with Gasteiger partial charge < -0.3 is 10.1 Å². The summed E-state index contributed by atoms with van der Waals surface area (Å²) in [4.78, 5) is 11.5. The van der Waals surface area contributed by atoms with Crippen molar-refractivity contribution in [3.05, 3.63) is 29.3 Å². The van der Waals surface area contributed by atoms with Gasteiger partial charge in [0.2, 0.25) is 10.0 Å². The molecule has 6 nitrogen and oxygen atoms in total. The van der Waals surface area contributed by atoms with Crippen molar-refractivity contribution in [2.24, 2.45) is 0 Å². The predicted molar refractivity (Wildman–Crippen MR) is 83.2 cm³/mol. The van der Waals surface area contributed by atoms with E-state index >= 15 is 0 Å². The molecule has 1 aromatic carbocycles. The molecule has 1 saturated heterocycles. The van der Waals surface area contributed by atoms with Crippen molar-refractivity contribution < 1.29 is 17.9 Å². The Bertz CT molecular complexity index is 650. The molecule has 0 spiro atoms. The molecule has 2 rings (SSSR count). The highest BCUT2D eigenvalue weighted by Gasteiger charge is 2.30. The fraction of sp³-hybridized carbons (Fsp3) is 0.533. The zero-order chi connectivity index (χ0) is 16.3. The molecule has 0 aromatic heterocycles. The molecule has 1 aliphatic heterocycles. The molecule has 0 saturated carbocycles. The third-order valence-electron chi connectivity index (χ3n) is 4.08. The Labute approximate surface area is 131 Å². The molecule has 0 aliphatic carbocycles. The number of hydrogen-bond donors (Lipinski definition) is 1. The second-order valence-corrected chi connectivity index (χ2v) is 7.50. The maximum atomic E-state index is 12.6. The summed E-state index contributed by atoms with van der Waals surface area (Å²) in [5.41, 5.74) is 2.03. The lowest BCUT2D eigenvalue weighted by Crippen LogP contribution is -2.46. The zero-order valence-corrected chi connectivity index (χ0v) is 13.9. The minimum atomic E-state index is -3.47. The van der Waals surface area contributed by atoms with Gasteiger partial charge in [-0.1, -0.05) is 6.07 Å². The quantitative estimate of drug-likeness (QED) is 0.919. The fourth-order valence-corrected chi connectivity index (χ4v) is 4.04. The zero-order valence-electron chi connectivity index (χ0n) is 13.1. The number of carbonyl (C=O) groups is 1. The van der Waals surface area contributed by atoms with Crippen LogP contribution in [-0.2, 0) is 14.8 Å². The third-order valence-corrected chi connectivity index (χ3v) is 5.97. The molecular weight excluding hydrogens is 304 g/mol. The lowest BCUT2D eigenvalue weighted by atomic mass is 10.1. The van der Waals surface area contributed by atoms with Gasteiger partial charge in [0, 0.05) is 19.1 Å². The third kappa shape index (κ3) is 3.59. The molecule has 1 heterocycles. The van der Waals surface area contributed by atoms with Crippen LogP contribution in [0.5, 0.6) is 0 Å². The van der Waals surface area contributed by atoms with Gasteiger partial charge in [0.25, 0.3) is 0 Å². The van der Waals surface area contributed by atoms with Crippen LogP contribution in [0.4, 0.5) is 4.79 Å². The first-order valence-electron chi connectivity index (χ1n) is 7.26. The second kappa shape index (κ2) is 6.66. The summed E-state index contributed by atoms with van der Waals surface area (Å²) in [6, 6.07) is 5.15. The molecule has 0 radical (unpaired) electrons. The van der Waals surface area contributed by atoms with Gasteiger partial charge in [0.15, 0.2) is 0 Å². The summed E-state index contributed by atoms with van der Waals surface area (Å²) in [6.45, 7) is 4.64. The number of ether oxygens (including phenoxy) is 1. The van der Waals surface area contributed by atoms with Crippen LogP contribution in [0.2, 0.25) is 0 Å². The van der Waals surface area contributed by atoms with Gasteiger partial charge in [0.1, 0.15) is 0 Å². The van der Waals surface area contributed by atoms with Crippen LogP contribution in [0.1, 0.15) is 24.0 Å². The van der Waals surface area contributed by atoms with Crippen LogP contribution in [0.15, 0.2) is 23.1 Å². The summed E-state index contributed by atoms with van der Waals surface area (Å²) >= 11 is 0. The number of methoxy groups -OCH3 is 1. The van der Waals surface area contributed by atoms with Crippen LogP contribution >= 0.6 is 0 Å². The molecule has 1 aliphatic rings. The summed E-state index contributed by atoms with van der Waals surface area (Å²) in [6.07, 6.45) is 0.689. The van der Waals surface area contributed by atoms with Crippen molar-refractivity contribution in [3.8, 4) is 0 Å².